The van der Waals surface area contributed by atoms with Gasteiger partial charge in [-0.1, -0.05) is 30.3 Å². The molecule has 116 valence electrons. The third kappa shape index (κ3) is 4.28. The van der Waals surface area contributed by atoms with E-state index in [1.165, 1.54) is 10.5 Å². The van der Waals surface area contributed by atoms with Crippen molar-refractivity contribution >= 4 is 10.9 Å². The van der Waals surface area contributed by atoms with Crippen molar-refractivity contribution in [2.24, 2.45) is 0 Å². The first-order valence-electron chi connectivity index (χ1n) is 7.82. The van der Waals surface area contributed by atoms with Crippen LogP contribution in [0.3, 0.4) is 0 Å². The van der Waals surface area contributed by atoms with Gasteiger partial charge < -0.3 is 9.47 Å². The van der Waals surface area contributed by atoms with Crippen molar-refractivity contribution in [2.45, 2.75) is 29.6 Å². The summed E-state index contributed by atoms with van der Waals surface area (Å²) in [5.74, 6) is 2.03. The molecule has 1 aliphatic rings. The minimum Gasteiger partial charge on any atom is -0.491 e. The number of rotatable bonds is 6. The smallest absolute Gasteiger partial charge is 0.155 e. The Kier molecular flexibility index (Phi) is 5.41. The van der Waals surface area contributed by atoms with Gasteiger partial charge >= 0.3 is 0 Å². The molecule has 0 aliphatic carbocycles. The van der Waals surface area contributed by atoms with Crippen LogP contribution in [0.15, 0.2) is 59.5 Å². The monoisotopic (exact) mass is 315 g/mol. The molecule has 0 bridgehead atoms. The van der Waals surface area contributed by atoms with Crippen molar-refractivity contribution < 1.29 is 9.47 Å². The van der Waals surface area contributed by atoms with E-state index in [9.17, 15) is 0 Å². The van der Waals surface area contributed by atoms with E-state index >= 15 is 0 Å². The van der Waals surface area contributed by atoms with E-state index < -0.39 is 0 Å². The summed E-state index contributed by atoms with van der Waals surface area (Å²) < 4.78 is 11.4. The molecule has 2 atom stereocenters. The van der Waals surface area contributed by atoms with Crippen molar-refractivity contribution in [2.75, 3.05) is 19.5 Å². The fourth-order valence-corrected chi connectivity index (χ4v) is 4.10. The predicted octanol–water partition coefficient (Wildman–Crippen LogP) is 4.05. The zero-order valence-electron chi connectivity index (χ0n) is 13.0. The summed E-state index contributed by atoms with van der Waals surface area (Å²) in [6.07, 6.45) is 4.85. The highest BCUT2D eigenvalue weighted by atomic mass is 32.2. The maximum atomic E-state index is 5.82. The molecule has 1 heterocycles. The fourth-order valence-electron chi connectivity index (χ4n) is 2.64. The van der Waals surface area contributed by atoms with Gasteiger partial charge in [-0.25, -0.2) is 0 Å². The first-order chi connectivity index (χ1) is 10.8. The topological polar surface area (TPSA) is 18.5 Å². The van der Waals surface area contributed by atoms with E-state index in [-0.39, 0.29) is 17.0 Å². The summed E-state index contributed by atoms with van der Waals surface area (Å²) >= 11 is 0. The van der Waals surface area contributed by atoms with Crippen LogP contribution in [0, 0.1) is 0 Å². The second-order valence-corrected chi connectivity index (χ2v) is 7.72. The van der Waals surface area contributed by atoms with Crippen molar-refractivity contribution in [3.05, 3.63) is 60.2 Å². The second kappa shape index (κ2) is 7.70. The van der Waals surface area contributed by atoms with E-state index in [0.717, 1.165) is 31.0 Å². The Bertz CT molecular complexity index is 562. The van der Waals surface area contributed by atoms with Crippen LogP contribution in [0.1, 0.15) is 18.4 Å². The van der Waals surface area contributed by atoms with Gasteiger partial charge in [0.2, 0.25) is 0 Å². The van der Waals surface area contributed by atoms with Gasteiger partial charge in [-0.15, -0.1) is 0 Å². The van der Waals surface area contributed by atoms with E-state index in [1.807, 2.05) is 0 Å². The van der Waals surface area contributed by atoms with Crippen LogP contribution < -0.4 is 4.74 Å². The van der Waals surface area contributed by atoms with Crippen LogP contribution in [0.5, 0.6) is 5.75 Å². The first kappa shape index (κ1) is 15.4. The Morgan fingerprint density at radius 2 is 1.86 bits per heavy atom. The van der Waals surface area contributed by atoms with E-state index in [1.54, 1.807) is 0 Å². The predicted molar refractivity (Wildman–Crippen MR) is 92.6 cm³/mol. The average Bonchev–Trinajstić information content (AvgIpc) is 3.08. The van der Waals surface area contributed by atoms with Crippen molar-refractivity contribution in [1.82, 2.24) is 0 Å². The van der Waals surface area contributed by atoms with Crippen molar-refractivity contribution in [1.29, 1.82) is 0 Å². The number of benzene rings is 2. The van der Waals surface area contributed by atoms with E-state index in [4.69, 9.17) is 9.47 Å². The normalized spacial score (nSPS) is 19.0. The molecule has 2 aromatic carbocycles. The highest BCUT2D eigenvalue weighted by Gasteiger charge is 2.18. The third-order valence-corrected chi connectivity index (χ3v) is 5.76. The summed E-state index contributed by atoms with van der Waals surface area (Å²) in [6.45, 7) is 1.55. The molecular formula is C19H23O2S+. The van der Waals surface area contributed by atoms with Crippen LogP contribution in [0.2, 0.25) is 0 Å². The minimum absolute atomic E-state index is 0.221. The van der Waals surface area contributed by atoms with Gasteiger partial charge in [0.15, 0.2) is 4.90 Å². The van der Waals surface area contributed by atoms with Crippen LogP contribution in [0.25, 0.3) is 0 Å². The third-order valence-electron chi connectivity index (χ3n) is 3.91. The molecular weight excluding hydrogens is 292 g/mol. The maximum Gasteiger partial charge on any atom is 0.155 e. The summed E-state index contributed by atoms with van der Waals surface area (Å²) in [6, 6.07) is 19.2. The molecule has 3 heteroatoms. The summed E-state index contributed by atoms with van der Waals surface area (Å²) in [4.78, 5) is 1.38. The van der Waals surface area contributed by atoms with Crippen LogP contribution in [-0.2, 0) is 21.4 Å². The Morgan fingerprint density at radius 3 is 2.55 bits per heavy atom. The SMILES string of the molecule is C[S+](Cc1ccccc1)c1ccc(OCC2CCCO2)cc1. The standard InChI is InChI=1S/C19H23O2S/c1-22(15-16-6-3-2-4-7-16)19-11-9-17(10-12-19)21-14-18-8-5-13-20-18/h2-4,6-7,9-12,18H,5,8,13-15H2,1H3/q+1. The van der Waals surface area contributed by atoms with Gasteiger partial charge in [0, 0.05) is 23.1 Å². The van der Waals surface area contributed by atoms with Gasteiger partial charge in [-0.05, 0) is 37.1 Å². The molecule has 0 spiro atoms. The molecule has 0 N–H and O–H groups in total. The zero-order valence-corrected chi connectivity index (χ0v) is 13.9. The van der Waals surface area contributed by atoms with E-state index in [0.29, 0.717) is 6.61 Å². The Balaban J connectivity index is 1.54. The molecule has 2 unspecified atom stereocenters. The lowest BCUT2D eigenvalue weighted by Crippen LogP contribution is -2.16. The fraction of sp³-hybridized carbons (Fsp3) is 0.368. The quantitative estimate of drug-likeness (QED) is 0.749. The van der Waals surface area contributed by atoms with Crippen LogP contribution >= 0.6 is 0 Å². The lowest BCUT2D eigenvalue weighted by atomic mass is 10.2. The molecule has 1 saturated heterocycles. The molecule has 0 saturated carbocycles. The highest BCUT2D eigenvalue weighted by Crippen LogP contribution is 2.21. The number of ether oxygens (including phenoxy) is 2. The molecule has 0 amide bonds. The number of hydrogen-bond acceptors (Lipinski definition) is 2. The zero-order chi connectivity index (χ0) is 15.2. The molecule has 3 rings (SSSR count). The number of hydrogen-bond donors (Lipinski definition) is 0. The second-order valence-electron chi connectivity index (χ2n) is 5.68. The van der Waals surface area contributed by atoms with Crippen molar-refractivity contribution in [3.8, 4) is 5.75 Å². The van der Waals surface area contributed by atoms with Gasteiger partial charge in [0.1, 0.15) is 24.4 Å². The van der Waals surface area contributed by atoms with Gasteiger partial charge in [-0.2, -0.15) is 0 Å². The van der Waals surface area contributed by atoms with E-state index in [2.05, 4.69) is 60.9 Å². The molecule has 1 aliphatic heterocycles. The Morgan fingerprint density at radius 1 is 1.09 bits per heavy atom. The van der Waals surface area contributed by atoms with Crippen molar-refractivity contribution in [3.63, 3.8) is 0 Å². The van der Waals surface area contributed by atoms with Gasteiger partial charge in [-0.3, -0.25) is 0 Å². The maximum absolute atomic E-state index is 5.82. The average molecular weight is 315 g/mol. The van der Waals surface area contributed by atoms with Gasteiger partial charge in [0.25, 0.3) is 0 Å². The lowest BCUT2D eigenvalue weighted by molar-refractivity contribution is 0.0679. The molecule has 2 nitrogen and oxygen atoms in total. The molecule has 22 heavy (non-hydrogen) atoms. The Hall–Kier alpha value is -1.45. The molecule has 1 fully saturated rings. The van der Waals surface area contributed by atoms with Gasteiger partial charge in [0.05, 0.1) is 6.10 Å². The summed E-state index contributed by atoms with van der Waals surface area (Å²) in [5.41, 5.74) is 1.40. The molecule has 0 aromatic heterocycles. The Labute approximate surface area is 135 Å². The minimum atomic E-state index is 0.221. The first-order valence-corrected chi connectivity index (χ1v) is 9.62. The molecule has 2 aromatic rings. The highest BCUT2D eigenvalue weighted by molar-refractivity contribution is 7.95. The van der Waals surface area contributed by atoms with Crippen LogP contribution in [-0.4, -0.2) is 25.6 Å². The molecule has 0 radical (unpaired) electrons. The largest absolute Gasteiger partial charge is 0.491 e. The lowest BCUT2D eigenvalue weighted by Gasteiger charge is -2.11. The summed E-state index contributed by atoms with van der Waals surface area (Å²) in [5, 5.41) is 0. The van der Waals surface area contributed by atoms with Crippen LogP contribution in [0.4, 0.5) is 0 Å². The summed E-state index contributed by atoms with van der Waals surface area (Å²) in [7, 11) is 0.221.